The molecule has 1 atom stereocenters. The maximum atomic E-state index is 7.75. The first kappa shape index (κ1) is 57.7. The highest BCUT2D eigenvalue weighted by molar-refractivity contribution is 6.09. The second kappa shape index (κ2) is 25.8. The molecule has 0 saturated heterocycles. The molecule has 0 aliphatic rings. The highest BCUT2D eigenvalue weighted by Crippen LogP contribution is 2.41. The molecule has 0 fully saturated rings. The van der Waals surface area contributed by atoms with Gasteiger partial charge in [0.15, 0.2) is 0 Å². The first-order valence-electron chi connectivity index (χ1n) is 28.8. The summed E-state index contributed by atoms with van der Waals surface area (Å²) in [6.45, 7) is 37.8. The molecule has 6 aromatic rings. The predicted molar refractivity (Wildman–Crippen MR) is 332 cm³/mol. The van der Waals surface area contributed by atoms with Crippen LogP contribution < -0.4 is 5.73 Å². The van der Waals surface area contributed by atoms with Crippen molar-refractivity contribution in [1.82, 2.24) is 4.57 Å². The van der Waals surface area contributed by atoms with E-state index in [9.17, 15) is 0 Å². The fourth-order valence-corrected chi connectivity index (χ4v) is 10.3. The number of nitrogens with two attached hydrogens (primary N) is 1. The van der Waals surface area contributed by atoms with E-state index in [1.54, 1.807) is 0 Å². The Bertz CT molecular complexity index is 2970. The van der Waals surface area contributed by atoms with Crippen molar-refractivity contribution in [3.8, 4) is 0 Å². The number of fused-ring (bicyclic) bond motifs is 3. The number of aromatic nitrogens is 1. The van der Waals surface area contributed by atoms with Gasteiger partial charge in [0.1, 0.15) is 0 Å². The van der Waals surface area contributed by atoms with Crippen LogP contribution in [0.3, 0.4) is 0 Å². The summed E-state index contributed by atoms with van der Waals surface area (Å²) in [6, 6.07) is 37.6. The van der Waals surface area contributed by atoms with Crippen LogP contribution in [-0.2, 0) is 18.4 Å². The van der Waals surface area contributed by atoms with Crippen LogP contribution in [0.1, 0.15) is 230 Å². The van der Waals surface area contributed by atoms with Crippen molar-refractivity contribution >= 4 is 55.9 Å². The van der Waals surface area contributed by atoms with Crippen molar-refractivity contribution < 1.29 is 0 Å². The summed E-state index contributed by atoms with van der Waals surface area (Å²) in [4.78, 5) is 0. The van der Waals surface area contributed by atoms with Gasteiger partial charge >= 0.3 is 0 Å². The van der Waals surface area contributed by atoms with Crippen LogP contribution in [0.25, 0.3) is 50.2 Å². The van der Waals surface area contributed by atoms with Gasteiger partial charge in [-0.15, -0.1) is 0 Å². The molecule has 0 aliphatic carbocycles. The van der Waals surface area contributed by atoms with Crippen LogP contribution in [0.4, 0.5) is 5.69 Å². The maximum absolute atomic E-state index is 7.75. The molecule has 0 radical (unpaired) electrons. The van der Waals surface area contributed by atoms with Gasteiger partial charge in [0.05, 0.1) is 0 Å². The number of nitrogens with zero attached hydrogens (tertiary/aromatic N) is 1. The zero-order valence-electron chi connectivity index (χ0n) is 49.2. The summed E-state index contributed by atoms with van der Waals surface area (Å²) in [5.74, 6) is 1.27. The third-order valence-electron chi connectivity index (χ3n) is 16.1. The molecule has 6 rings (SSSR count). The molecule has 1 heterocycles. The maximum Gasteiger partial charge on any atom is 0.0497 e. The van der Waals surface area contributed by atoms with Crippen LogP contribution in [0.15, 0.2) is 127 Å². The molecule has 0 aliphatic heterocycles. The predicted octanol–water partition coefficient (Wildman–Crippen LogP) is 21.8. The van der Waals surface area contributed by atoms with Crippen molar-refractivity contribution in [2.24, 2.45) is 11.3 Å². The summed E-state index contributed by atoms with van der Waals surface area (Å²) in [5.41, 5.74) is 29.3. The standard InChI is InChI=1S/C72H96N2/c1-17-20-21-22-23-24-44-74-68-47-59(37-40-65(68)66-41-38-61(48-69(66)74)72(14,15)16)52(9)26-30-58(25-18-2)63-42-43-64(62(51(8)19-3)39-27-53(10)71(11,12)13)67(70(63)73)46-60(57-35-33-56(34-36-57)50(6)7)45-54-28-31-55(32-29-54)49(4)5/h26-43,46-51H,17-25,44-45,73H2,1-16H3/b52-26+,53-27+,58-30+,60-46+,62-39+. The lowest BCUT2D eigenvalue weighted by Crippen LogP contribution is -2.11. The van der Waals surface area contributed by atoms with E-state index in [0.29, 0.717) is 17.8 Å². The Kier molecular flexibility index (Phi) is 20.1. The highest BCUT2D eigenvalue weighted by atomic mass is 15.0. The van der Waals surface area contributed by atoms with Gasteiger partial charge in [-0.3, -0.25) is 0 Å². The Morgan fingerprint density at radius 2 is 1.16 bits per heavy atom. The summed E-state index contributed by atoms with van der Waals surface area (Å²) >= 11 is 0. The van der Waals surface area contributed by atoms with E-state index < -0.39 is 0 Å². The number of nitrogen functional groups attached to an aromatic ring is 1. The molecule has 1 unspecified atom stereocenters. The molecular weight excluding hydrogens is 893 g/mol. The minimum Gasteiger partial charge on any atom is -0.398 e. The number of anilines is 1. The van der Waals surface area contributed by atoms with Gasteiger partial charge < -0.3 is 10.3 Å². The molecule has 0 saturated carbocycles. The summed E-state index contributed by atoms with van der Waals surface area (Å²) in [7, 11) is 0. The molecule has 0 spiro atoms. The Morgan fingerprint density at radius 3 is 1.76 bits per heavy atom. The quantitative estimate of drug-likeness (QED) is 0.0312. The van der Waals surface area contributed by atoms with E-state index in [0.717, 1.165) is 49.0 Å². The Morgan fingerprint density at radius 1 is 0.581 bits per heavy atom. The van der Waals surface area contributed by atoms with Crippen LogP contribution in [0.5, 0.6) is 0 Å². The van der Waals surface area contributed by atoms with E-state index in [-0.39, 0.29) is 10.8 Å². The molecule has 1 aromatic heterocycles. The van der Waals surface area contributed by atoms with Crippen molar-refractivity contribution in [2.75, 3.05) is 5.73 Å². The van der Waals surface area contributed by atoms with Gasteiger partial charge in [0.2, 0.25) is 0 Å². The first-order chi connectivity index (χ1) is 35.2. The molecular formula is C72H96N2. The van der Waals surface area contributed by atoms with Crippen LogP contribution in [0.2, 0.25) is 0 Å². The molecule has 74 heavy (non-hydrogen) atoms. The third kappa shape index (κ3) is 14.4. The first-order valence-corrected chi connectivity index (χ1v) is 28.8. The number of benzene rings is 5. The summed E-state index contributed by atoms with van der Waals surface area (Å²) in [6.07, 6.45) is 23.4. The van der Waals surface area contributed by atoms with E-state index in [1.807, 2.05) is 0 Å². The minimum absolute atomic E-state index is 0.0719. The van der Waals surface area contributed by atoms with Crippen LogP contribution in [0, 0.1) is 11.3 Å². The molecule has 2 heteroatoms. The number of aryl methyl sites for hydroxylation is 1. The van der Waals surface area contributed by atoms with E-state index >= 15 is 0 Å². The number of unbranched alkanes of at least 4 members (excludes halogenated alkanes) is 5. The smallest absolute Gasteiger partial charge is 0.0497 e. The topological polar surface area (TPSA) is 30.9 Å². The molecule has 2 N–H and O–H groups in total. The average Bonchev–Trinajstić information content (AvgIpc) is 3.68. The fourth-order valence-electron chi connectivity index (χ4n) is 10.3. The lowest BCUT2D eigenvalue weighted by atomic mass is 9.82. The van der Waals surface area contributed by atoms with Crippen LogP contribution in [-0.4, -0.2) is 4.57 Å². The van der Waals surface area contributed by atoms with Gasteiger partial charge in [0, 0.05) is 45.2 Å². The van der Waals surface area contributed by atoms with E-state index in [1.165, 1.54) is 127 Å². The normalized spacial score (nSPS) is 14.1. The van der Waals surface area contributed by atoms with Gasteiger partial charge in [-0.1, -0.05) is 250 Å². The lowest BCUT2D eigenvalue weighted by Gasteiger charge is -2.23. The van der Waals surface area contributed by atoms with Crippen molar-refractivity contribution in [1.29, 1.82) is 0 Å². The van der Waals surface area contributed by atoms with Gasteiger partial charge in [-0.05, 0) is 148 Å². The van der Waals surface area contributed by atoms with E-state index in [2.05, 4.69) is 243 Å². The third-order valence-corrected chi connectivity index (χ3v) is 16.1. The Hall–Kier alpha value is -5.60. The molecule has 0 amide bonds. The van der Waals surface area contributed by atoms with Gasteiger partial charge in [0.25, 0.3) is 0 Å². The van der Waals surface area contributed by atoms with Crippen molar-refractivity contribution in [3.63, 3.8) is 0 Å². The fraction of sp³-hybridized carbons (Fsp3) is 0.444. The van der Waals surface area contributed by atoms with Gasteiger partial charge in [-0.2, -0.15) is 0 Å². The van der Waals surface area contributed by atoms with E-state index in [4.69, 9.17) is 5.73 Å². The SMILES string of the molecule is CCCCCCCCn1c2cc(/C(C)=C/C=C(\CCC)c3ccc(/C(=C/C=C(\C)C(C)(C)C)C(C)CC)c(/C=C(\Cc4ccc(C(C)C)cc4)c4ccc(C(C)C)cc4)c3N)ccc2c2ccc(C(C)(C)C)cc21. The summed E-state index contributed by atoms with van der Waals surface area (Å²) < 4.78 is 2.63. The molecule has 5 aromatic carbocycles. The molecule has 0 bridgehead atoms. The zero-order valence-corrected chi connectivity index (χ0v) is 49.2. The molecule has 2 nitrogen and oxygen atoms in total. The second-order valence-corrected chi connectivity index (χ2v) is 24.5. The average molecular weight is 990 g/mol. The Labute approximate surface area is 451 Å². The zero-order chi connectivity index (χ0) is 53.9. The van der Waals surface area contributed by atoms with Crippen molar-refractivity contribution in [3.05, 3.63) is 177 Å². The largest absolute Gasteiger partial charge is 0.398 e. The number of hydrogen-bond acceptors (Lipinski definition) is 1. The highest BCUT2D eigenvalue weighted by Gasteiger charge is 2.22. The monoisotopic (exact) mass is 989 g/mol. The number of hydrogen-bond donors (Lipinski definition) is 1. The van der Waals surface area contributed by atoms with Crippen LogP contribution >= 0.6 is 0 Å². The number of rotatable bonds is 22. The number of allylic oxidation sites excluding steroid dienone is 9. The van der Waals surface area contributed by atoms with Gasteiger partial charge in [-0.25, -0.2) is 0 Å². The molecule has 394 valence electrons. The lowest BCUT2D eigenvalue weighted by molar-refractivity contribution is 0.504. The minimum atomic E-state index is 0.0719. The second-order valence-electron chi connectivity index (χ2n) is 24.5. The summed E-state index contributed by atoms with van der Waals surface area (Å²) in [5, 5.41) is 2.70. The Balaban J connectivity index is 1.54. The van der Waals surface area contributed by atoms with Crippen molar-refractivity contribution in [2.45, 2.75) is 199 Å².